The average molecular weight is 218 g/mol. The van der Waals surface area contributed by atoms with Crippen LogP contribution in [0.3, 0.4) is 0 Å². The fraction of sp³-hybridized carbons (Fsp3) is 0.538. The number of hydrogen-bond acceptors (Lipinski definition) is 3. The van der Waals surface area contributed by atoms with Crippen LogP contribution in [0.15, 0.2) is 18.5 Å². The second-order valence-corrected chi connectivity index (χ2v) is 4.65. The standard InChI is InChI=1S/C13H18N2O/c1-9-5-11(8-15-7-9)13(16)12-4-2-3-10(12)6-14/h5,7-8,10,12H,2-4,6,14H2,1H3. The Morgan fingerprint density at radius 3 is 3.00 bits per heavy atom. The summed E-state index contributed by atoms with van der Waals surface area (Å²) in [5.41, 5.74) is 7.48. The molecule has 0 spiro atoms. The Morgan fingerprint density at radius 2 is 2.31 bits per heavy atom. The van der Waals surface area contributed by atoms with E-state index in [1.165, 1.54) is 0 Å². The van der Waals surface area contributed by atoms with Crippen molar-refractivity contribution in [1.29, 1.82) is 0 Å². The van der Waals surface area contributed by atoms with E-state index < -0.39 is 0 Å². The third-order valence-electron chi connectivity index (χ3n) is 3.46. The normalized spacial score (nSPS) is 24.6. The van der Waals surface area contributed by atoms with Crippen LogP contribution in [0, 0.1) is 18.8 Å². The van der Waals surface area contributed by atoms with Crippen LogP contribution in [0.25, 0.3) is 0 Å². The van der Waals surface area contributed by atoms with Crippen LogP contribution in [-0.2, 0) is 0 Å². The highest BCUT2D eigenvalue weighted by Crippen LogP contribution is 2.33. The summed E-state index contributed by atoms with van der Waals surface area (Å²) in [5, 5.41) is 0. The van der Waals surface area contributed by atoms with E-state index in [0.717, 1.165) is 30.4 Å². The summed E-state index contributed by atoms with van der Waals surface area (Å²) in [6.45, 7) is 2.58. The summed E-state index contributed by atoms with van der Waals surface area (Å²) in [6, 6.07) is 1.92. The van der Waals surface area contributed by atoms with E-state index in [9.17, 15) is 4.79 Å². The first-order valence-corrected chi connectivity index (χ1v) is 5.88. The Labute approximate surface area is 96.1 Å². The van der Waals surface area contributed by atoms with Gasteiger partial charge in [-0.05, 0) is 43.9 Å². The lowest BCUT2D eigenvalue weighted by atomic mass is 9.89. The predicted molar refractivity (Wildman–Crippen MR) is 63.2 cm³/mol. The number of carbonyl (C=O) groups is 1. The van der Waals surface area contributed by atoms with Gasteiger partial charge in [-0.2, -0.15) is 0 Å². The van der Waals surface area contributed by atoms with E-state index in [-0.39, 0.29) is 11.7 Å². The van der Waals surface area contributed by atoms with Gasteiger partial charge in [0.15, 0.2) is 5.78 Å². The summed E-state index contributed by atoms with van der Waals surface area (Å²) in [6.07, 6.45) is 6.63. The molecule has 0 saturated heterocycles. The highest BCUT2D eigenvalue weighted by Gasteiger charge is 2.32. The van der Waals surface area contributed by atoms with Crippen LogP contribution < -0.4 is 5.73 Å². The van der Waals surface area contributed by atoms with Gasteiger partial charge in [-0.15, -0.1) is 0 Å². The molecule has 0 aromatic carbocycles. The molecule has 1 fully saturated rings. The molecule has 0 bridgehead atoms. The Morgan fingerprint density at radius 1 is 1.50 bits per heavy atom. The van der Waals surface area contributed by atoms with Crippen molar-refractivity contribution in [1.82, 2.24) is 4.98 Å². The number of carbonyl (C=O) groups excluding carboxylic acids is 1. The zero-order chi connectivity index (χ0) is 11.5. The number of nitrogens with zero attached hydrogens (tertiary/aromatic N) is 1. The maximum Gasteiger partial charge on any atom is 0.167 e. The van der Waals surface area contributed by atoms with E-state index in [1.54, 1.807) is 12.4 Å². The Bertz CT molecular complexity index is 389. The van der Waals surface area contributed by atoms with Gasteiger partial charge in [0.1, 0.15) is 0 Å². The monoisotopic (exact) mass is 218 g/mol. The lowest BCUT2D eigenvalue weighted by Gasteiger charge is -2.16. The van der Waals surface area contributed by atoms with Gasteiger partial charge < -0.3 is 5.73 Å². The predicted octanol–water partition coefficient (Wildman–Crippen LogP) is 1.95. The maximum absolute atomic E-state index is 12.3. The smallest absolute Gasteiger partial charge is 0.167 e. The van der Waals surface area contributed by atoms with E-state index >= 15 is 0 Å². The van der Waals surface area contributed by atoms with Gasteiger partial charge in [0.05, 0.1) is 0 Å². The first-order chi connectivity index (χ1) is 7.72. The Kier molecular flexibility index (Phi) is 3.34. The molecule has 0 amide bonds. The minimum absolute atomic E-state index is 0.119. The number of rotatable bonds is 3. The molecule has 1 saturated carbocycles. The van der Waals surface area contributed by atoms with Crippen LogP contribution in [0.5, 0.6) is 0 Å². The van der Waals surface area contributed by atoms with Crippen molar-refractivity contribution >= 4 is 5.78 Å². The number of aromatic nitrogens is 1. The zero-order valence-electron chi connectivity index (χ0n) is 9.65. The van der Waals surface area contributed by atoms with Crippen molar-refractivity contribution in [3.05, 3.63) is 29.6 Å². The van der Waals surface area contributed by atoms with Crippen molar-refractivity contribution in [3.8, 4) is 0 Å². The van der Waals surface area contributed by atoms with E-state index in [1.807, 2.05) is 13.0 Å². The molecule has 2 atom stereocenters. The highest BCUT2D eigenvalue weighted by molar-refractivity contribution is 5.98. The minimum Gasteiger partial charge on any atom is -0.330 e. The van der Waals surface area contributed by atoms with Crippen molar-refractivity contribution < 1.29 is 4.79 Å². The first-order valence-electron chi connectivity index (χ1n) is 5.88. The van der Waals surface area contributed by atoms with Crippen LogP contribution in [0.1, 0.15) is 35.2 Å². The first kappa shape index (κ1) is 11.3. The molecule has 1 aromatic rings. The number of hydrogen-bond donors (Lipinski definition) is 1. The quantitative estimate of drug-likeness (QED) is 0.789. The molecule has 1 aliphatic rings. The molecular weight excluding hydrogens is 200 g/mol. The SMILES string of the molecule is Cc1cncc(C(=O)C2CCCC2CN)c1. The molecule has 2 rings (SSSR count). The van der Waals surface area contributed by atoms with Crippen LogP contribution in [-0.4, -0.2) is 17.3 Å². The Hall–Kier alpha value is -1.22. The summed E-state index contributed by atoms with van der Waals surface area (Å²) >= 11 is 0. The third-order valence-corrected chi connectivity index (χ3v) is 3.46. The van der Waals surface area contributed by atoms with Crippen molar-refractivity contribution in [2.75, 3.05) is 6.54 Å². The van der Waals surface area contributed by atoms with Crippen molar-refractivity contribution in [2.24, 2.45) is 17.6 Å². The summed E-state index contributed by atoms with van der Waals surface area (Å²) in [4.78, 5) is 16.3. The molecule has 0 aliphatic heterocycles. The molecule has 86 valence electrons. The number of nitrogens with two attached hydrogens (primary N) is 1. The average Bonchev–Trinajstić information content (AvgIpc) is 2.76. The third kappa shape index (κ3) is 2.14. The second-order valence-electron chi connectivity index (χ2n) is 4.65. The summed E-state index contributed by atoms with van der Waals surface area (Å²) in [7, 11) is 0. The fourth-order valence-corrected chi connectivity index (χ4v) is 2.57. The summed E-state index contributed by atoms with van der Waals surface area (Å²) < 4.78 is 0. The van der Waals surface area contributed by atoms with Crippen LogP contribution in [0.4, 0.5) is 0 Å². The molecule has 3 nitrogen and oxygen atoms in total. The number of Topliss-reactive ketones (excluding diaryl/α,β-unsaturated/α-hetero) is 1. The lowest BCUT2D eigenvalue weighted by molar-refractivity contribution is 0.0893. The van der Waals surface area contributed by atoms with Crippen molar-refractivity contribution in [3.63, 3.8) is 0 Å². The number of ketones is 1. The van der Waals surface area contributed by atoms with Gasteiger partial charge >= 0.3 is 0 Å². The molecule has 16 heavy (non-hydrogen) atoms. The van der Waals surface area contributed by atoms with E-state index in [2.05, 4.69) is 4.98 Å². The van der Waals surface area contributed by atoms with E-state index in [0.29, 0.717) is 12.5 Å². The molecule has 3 heteroatoms. The van der Waals surface area contributed by atoms with Crippen molar-refractivity contribution in [2.45, 2.75) is 26.2 Å². The largest absolute Gasteiger partial charge is 0.330 e. The molecule has 1 aliphatic carbocycles. The second kappa shape index (κ2) is 4.74. The van der Waals surface area contributed by atoms with Gasteiger partial charge in [-0.3, -0.25) is 9.78 Å². The van der Waals surface area contributed by atoms with Gasteiger partial charge in [0, 0.05) is 23.9 Å². The Balaban J connectivity index is 2.18. The lowest BCUT2D eigenvalue weighted by Crippen LogP contribution is -2.25. The molecule has 2 unspecified atom stereocenters. The summed E-state index contributed by atoms with van der Waals surface area (Å²) in [5.74, 6) is 0.714. The van der Waals surface area contributed by atoms with E-state index in [4.69, 9.17) is 5.73 Å². The number of aryl methyl sites for hydroxylation is 1. The zero-order valence-corrected chi connectivity index (χ0v) is 9.65. The van der Waals surface area contributed by atoms with Gasteiger partial charge in [-0.1, -0.05) is 6.42 Å². The molecule has 0 radical (unpaired) electrons. The van der Waals surface area contributed by atoms with Gasteiger partial charge in [0.25, 0.3) is 0 Å². The topological polar surface area (TPSA) is 56.0 Å². The molecule has 2 N–H and O–H groups in total. The van der Waals surface area contributed by atoms with Crippen LogP contribution >= 0.6 is 0 Å². The number of pyridine rings is 1. The molecule has 1 aromatic heterocycles. The maximum atomic E-state index is 12.3. The molecular formula is C13H18N2O. The van der Waals surface area contributed by atoms with Gasteiger partial charge in [0.2, 0.25) is 0 Å². The minimum atomic E-state index is 0.119. The van der Waals surface area contributed by atoms with Gasteiger partial charge in [-0.25, -0.2) is 0 Å². The molecule has 1 heterocycles. The fourth-order valence-electron chi connectivity index (χ4n) is 2.57. The van der Waals surface area contributed by atoms with Crippen LogP contribution in [0.2, 0.25) is 0 Å². The highest BCUT2D eigenvalue weighted by atomic mass is 16.1.